The molecule has 0 unspecified atom stereocenters. The first kappa shape index (κ1) is 11.4. The molecule has 0 bridgehead atoms. The molecule has 0 spiro atoms. The maximum absolute atomic E-state index is 13.8. The minimum absolute atomic E-state index is 0.123. The van der Waals surface area contributed by atoms with E-state index in [0.29, 0.717) is 4.34 Å². The Hall–Kier alpha value is -1.05. The third kappa shape index (κ3) is 2.06. The Labute approximate surface area is 104 Å². The largest absolute Gasteiger partial charge is 0.398 e. The summed E-state index contributed by atoms with van der Waals surface area (Å²) in [6.45, 7) is 0. The van der Waals surface area contributed by atoms with Crippen molar-refractivity contribution in [2.45, 2.75) is 9.24 Å². The molecule has 4 nitrogen and oxygen atoms in total. The van der Waals surface area contributed by atoms with Crippen molar-refractivity contribution < 1.29 is 4.39 Å². The van der Waals surface area contributed by atoms with E-state index in [1.165, 1.54) is 17.4 Å². The second kappa shape index (κ2) is 4.44. The van der Waals surface area contributed by atoms with Crippen molar-refractivity contribution >= 4 is 46.1 Å². The van der Waals surface area contributed by atoms with Gasteiger partial charge in [0.1, 0.15) is 10.5 Å². The molecule has 1 aromatic heterocycles. The van der Waals surface area contributed by atoms with Crippen LogP contribution in [0, 0.1) is 5.82 Å². The molecule has 0 atom stereocenters. The highest BCUT2D eigenvalue weighted by Crippen LogP contribution is 2.39. The highest BCUT2D eigenvalue weighted by Gasteiger charge is 2.16. The molecule has 0 amide bonds. The van der Waals surface area contributed by atoms with Crippen molar-refractivity contribution in [2.24, 2.45) is 0 Å². The van der Waals surface area contributed by atoms with Gasteiger partial charge in [-0.3, -0.25) is 0 Å². The number of rotatable bonds is 2. The van der Waals surface area contributed by atoms with Gasteiger partial charge in [-0.2, -0.15) is 0 Å². The Morgan fingerprint density at radius 2 is 2.12 bits per heavy atom. The molecule has 0 saturated carbocycles. The Kier molecular flexibility index (Phi) is 3.17. The predicted molar refractivity (Wildman–Crippen MR) is 64.3 cm³/mol. The van der Waals surface area contributed by atoms with Crippen LogP contribution < -0.4 is 11.5 Å². The molecule has 0 fully saturated rings. The van der Waals surface area contributed by atoms with Gasteiger partial charge in [-0.1, -0.05) is 34.7 Å². The standard InChI is InChI=1S/C8H6ClFN4S2/c9-5-3(11)1-4(12)7(6(5)10)16-8-14-13-2-15-8/h1-2H,11-12H2. The maximum atomic E-state index is 13.8. The summed E-state index contributed by atoms with van der Waals surface area (Å²) in [5, 5.41) is 7.30. The quantitative estimate of drug-likeness (QED) is 0.825. The van der Waals surface area contributed by atoms with Crippen LogP contribution in [0.2, 0.25) is 5.02 Å². The van der Waals surface area contributed by atoms with Gasteiger partial charge in [0.05, 0.1) is 16.3 Å². The van der Waals surface area contributed by atoms with E-state index in [0.717, 1.165) is 11.8 Å². The van der Waals surface area contributed by atoms with Gasteiger partial charge in [-0.15, -0.1) is 10.2 Å². The van der Waals surface area contributed by atoms with Gasteiger partial charge in [-0.25, -0.2) is 4.39 Å². The monoisotopic (exact) mass is 276 g/mol. The second-order valence-corrected chi connectivity index (χ2v) is 5.29. The molecule has 84 valence electrons. The SMILES string of the molecule is Nc1cc(N)c(Sc2nncs2)c(F)c1Cl. The van der Waals surface area contributed by atoms with Gasteiger partial charge >= 0.3 is 0 Å². The molecule has 1 aromatic carbocycles. The molecule has 4 N–H and O–H groups in total. The van der Waals surface area contributed by atoms with Gasteiger partial charge in [-0.05, 0) is 6.07 Å². The van der Waals surface area contributed by atoms with Crippen LogP contribution in [0.4, 0.5) is 15.8 Å². The van der Waals surface area contributed by atoms with E-state index in [1.54, 1.807) is 5.51 Å². The molecule has 0 radical (unpaired) electrons. The molecule has 0 aliphatic carbocycles. The Bertz CT molecular complexity index is 517. The lowest BCUT2D eigenvalue weighted by atomic mass is 10.3. The van der Waals surface area contributed by atoms with Crippen molar-refractivity contribution in [1.29, 1.82) is 0 Å². The topological polar surface area (TPSA) is 77.8 Å². The van der Waals surface area contributed by atoms with E-state index >= 15 is 0 Å². The van der Waals surface area contributed by atoms with Crippen molar-refractivity contribution in [1.82, 2.24) is 10.2 Å². The molecule has 0 aliphatic rings. The van der Waals surface area contributed by atoms with E-state index < -0.39 is 5.82 Å². The van der Waals surface area contributed by atoms with Gasteiger partial charge in [0.25, 0.3) is 0 Å². The van der Waals surface area contributed by atoms with Crippen LogP contribution >= 0.6 is 34.7 Å². The number of nitrogens with two attached hydrogens (primary N) is 2. The summed E-state index contributed by atoms with van der Waals surface area (Å²) < 4.78 is 14.3. The minimum atomic E-state index is -0.626. The van der Waals surface area contributed by atoms with E-state index in [4.69, 9.17) is 23.1 Å². The van der Waals surface area contributed by atoms with Crippen LogP contribution in [0.25, 0.3) is 0 Å². The van der Waals surface area contributed by atoms with E-state index in [9.17, 15) is 4.39 Å². The number of aromatic nitrogens is 2. The van der Waals surface area contributed by atoms with Crippen LogP contribution in [0.5, 0.6) is 0 Å². The van der Waals surface area contributed by atoms with Crippen LogP contribution in [-0.4, -0.2) is 10.2 Å². The predicted octanol–water partition coefficient (Wildman–Crippen LogP) is 2.65. The second-order valence-electron chi connectivity index (χ2n) is 2.82. The summed E-state index contributed by atoms with van der Waals surface area (Å²) in [4.78, 5) is 0.218. The molecule has 16 heavy (non-hydrogen) atoms. The number of nitrogens with zero attached hydrogens (tertiary/aromatic N) is 2. The van der Waals surface area contributed by atoms with Gasteiger partial charge in [0.15, 0.2) is 10.2 Å². The normalized spacial score (nSPS) is 10.6. The van der Waals surface area contributed by atoms with E-state index in [-0.39, 0.29) is 21.3 Å². The molecule has 8 heteroatoms. The zero-order chi connectivity index (χ0) is 11.7. The van der Waals surface area contributed by atoms with Crippen LogP contribution in [0.3, 0.4) is 0 Å². The number of hydrogen-bond donors (Lipinski definition) is 2. The molecule has 1 heterocycles. The molecule has 0 saturated heterocycles. The third-order valence-corrected chi connectivity index (χ3v) is 4.03. The number of hydrogen-bond acceptors (Lipinski definition) is 6. The van der Waals surface area contributed by atoms with Crippen molar-refractivity contribution in [3.8, 4) is 0 Å². The smallest absolute Gasteiger partial charge is 0.179 e. The number of benzene rings is 1. The first-order chi connectivity index (χ1) is 7.59. The summed E-state index contributed by atoms with van der Waals surface area (Å²) in [6.07, 6.45) is 0. The first-order valence-electron chi connectivity index (χ1n) is 4.06. The molecule has 0 aliphatic heterocycles. The third-order valence-electron chi connectivity index (χ3n) is 1.75. The lowest BCUT2D eigenvalue weighted by Crippen LogP contribution is -1.97. The number of halogens is 2. The van der Waals surface area contributed by atoms with Gasteiger partial charge < -0.3 is 11.5 Å². The molecular formula is C8H6ClFN4S2. The summed E-state index contributed by atoms with van der Waals surface area (Å²) in [5.74, 6) is -0.626. The summed E-state index contributed by atoms with van der Waals surface area (Å²) >= 11 is 8.06. The fraction of sp³-hybridized carbons (Fsp3) is 0. The van der Waals surface area contributed by atoms with Crippen molar-refractivity contribution in [2.75, 3.05) is 11.5 Å². The summed E-state index contributed by atoms with van der Waals surface area (Å²) in [6, 6.07) is 1.43. The zero-order valence-electron chi connectivity index (χ0n) is 7.78. The van der Waals surface area contributed by atoms with E-state index in [1.807, 2.05) is 0 Å². The first-order valence-corrected chi connectivity index (χ1v) is 6.14. The average molecular weight is 277 g/mol. The lowest BCUT2D eigenvalue weighted by Gasteiger charge is -2.08. The Morgan fingerprint density at radius 1 is 1.38 bits per heavy atom. The number of nitrogen functional groups attached to an aromatic ring is 2. The highest BCUT2D eigenvalue weighted by molar-refractivity contribution is 8.01. The van der Waals surface area contributed by atoms with Gasteiger partial charge in [0.2, 0.25) is 0 Å². The maximum Gasteiger partial charge on any atom is 0.179 e. The molecule has 2 rings (SSSR count). The molecule has 2 aromatic rings. The lowest BCUT2D eigenvalue weighted by molar-refractivity contribution is 0.604. The van der Waals surface area contributed by atoms with Crippen LogP contribution in [0.15, 0.2) is 20.8 Å². The Morgan fingerprint density at radius 3 is 2.75 bits per heavy atom. The van der Waals surface area contributed by atoms with E-state index in [2.05, 4.69) is 10.2 Å². The fourth-order valence-electron chi connectivity index (χ4n) is 1.05. The highest BCUT2D eigenvalue weighted by atomic mass is 35.5. The Balaban J connectivity index is 2.45. The van der Waals surface area contributed by atoms with Crippen LogP contribution in [-0.2, 0) is 0 Å². The molecular weight excluding hydrogens is 271 g/mol. The summed E-state index contributed by atoms with van der Waals surface area (Å²) in [7, 11) is 0. The zero-order valence-corrected chi connectivity index (χ0v) is 10.2. The van der Waals surface area contributed by atoms with Crippen molar-refractivity contribution in [3.63, 3.8) is 0 Å². The summed E-state index contributed by atoms with van der Waals surface area (Å²) in [5.41, 5.74) is 13.1. The number of anilines is 2. The average Bonchev–Trinajstić information content (AvgIpc) is 2.74. The van der Waals surface area contributed by atoms with Gasteiger partial charge in [0, 0.05) is 0 Å². The van der Waals surface area contributed by atoms with Crippen molar-refractivity contribution in [3.05, 3.63) is 22.4 Å². The van der Waals surface area contributed by atoms with Crippen LogP contribution in [0.1, 0.15) is 0 Å². The minimum Gasteiger partial charge on any atom is -0.398 e. The fourth-order valence-corrected chi connectivity index (χ4v) is 2.73.